The van der Waals surface area contributed by atoms with Crippen LogP contribution in [0.2, 0.25) is 0 Å². The Morgan fingerprint density at radius 1 is 1.42 bits per heavy atom. The van der Waals surface area contributed by atoms with E-state index in [4.69, 9.17) is 9.47 Å². The lowest BCUT2D eigenvalue weighted by Crippen LogP contribution is -2.48. The van der Waals surface area contributed by atoms with Crippen LogP contribution in [0.5, 0.6) is 5.75 Å². The Morgan fingerprint density at radius 3 is 2.75 bits per heavy atom. The Morgan fingerprint density at radius 2 is 2.12 bits per heavy atom. The number of benzene rings is 1. The Bertz CT molecular complexity index is 715. The van der Waals surface area contributed by atoms with Gasteiger partial charge in [-0.1, -0.05) is 0 Å². The topological polar surface area (TPSA) is 84.9 Å². The number of carbonyl (C=O) groups excluding carboxylic acids is 1. The number of sulfonamides is 1. The van der Waals surface area contributed by atoms with Gasteiger partial charge in [0, 0.05) is 27.2 Å². The molecule has 0 unspecified atom stereocenters. The van der Waals surface area contributed by atoms with Crippen molar-refractivity contribution in [3.05, 3.63) is 18.2 Å². The zero-order chi connectivity index (χ0) is 18.0. The molecule has 0 spiro atoms. The third kappa shape index (κ3) is 4.25. The van der Waals surface area contributed by atoms with E-state index in [1.54, 1.807) is 18.1 Å². The van der Waals surface area contributed by atoms with E-state index in [0.717, 1.165) is 0 Å². The van der Waals surface area contributed by atoms with Gasteiger partial charge >= 0.3 is 0 Å². The SMILES string of the molecule is COCCCNS(=O)(=O)c1ccc2c(c1)N(C(C)=O)CC(C)(C)O2. The molecule has 1 N–H and O–H groups in total. The fourth-order valence-electron chi connectivity index (χ4n) is 2.54. The third-order valence-corrected chi connectivity index (χ3v) is 5.11. The maximum absolute atomic E-state index is 12.4. The van der Waals surface area contributed by atoms with Gasteiger partial charge in [-0.25, -0.2) is 13.1 Å². The minimum absolute atomic E-state index is 0.105. The smallest absolute Gasteiger partial charge is 0.240 e. The van der Waals surface area contributed by atoms with Gasteiger partial charge in [0.2, 0.25) is 15.9 Å². The molecule has 0 bridgehead atoms. The van der Waals surface area contributed by atoms with E-state index < -0.39 is 15.6 Å². The average Bonchev–Trinajstić information content (AvgIpc) is 2.49. The van der Waals surface area contributed by atoms with Crippen LogP contribution in [0.25, 0.3) is 0 Å². The van der Waals surface area contributed by atoms with Gasteiger partial charge < -0.3 is 14.4 Å². The lowest BCUT2D eigenvalue weighted by Gasteiger charge is -2.39. The second kappa shape index (κ2) is 7.08. The Kier molecular flexibility index (Phi) is 5.52. The molecule has 8 heteroatoms. The summed E-state index contributed by atoms with van der Waals surface area (Å²) >= 11 is 0. The minimum Gasteiger partial charge on any atom is -0.484 e. The van der Waals surface area contributed by atoms with E-state index in [-0.39, 0.29) is 17.3 Å². The standard InChI is InChI=1S/C16H24N2O5S/c1-12(19)18-11-16(2,3)23-15-7-6-13(10-14(15)18)24(20,21)17-8-5-9-22-4/h6-7,10,17H,5,8-9,11H2,1-4H3. The van der Waals surface area contributed by atoms with Crippen molar-refractivity contribution in [1.82, 2.24) is 4.72 Å². The maximum Gasteiger partial charge on any atom is 0.240 e. The Balaban J connectivity index is 2.30. The predicted molar refractivity (Wildman–Crippen MR) is 90.9 cm³/mol. The minimum atomic E-state index is -3.65. The molecule has 0 saturated carbocycles. The van der Waals surface area contributed by atoms with Crippen molar-refractivity contribution in [2.24, 2.45) is 0 Å². The van der Waals surface area contributed by atoms with Crippen molar-refractivity contribution in [2.45, 2.75) is 37.7 Å². The number of carbonyl (C=O) groups is 1. The van der Waals surface area contributed by atoms with Crippen LogP contribution in [0.15, 0.2) is 23.1 Å². The van der Waals surface area contributed by atoms with Gasteiger partial charge in [-0.2, -0.15) is 0 Å². The van der Waals surface area contributed by atoms with Crippen molar-refractivity contribution in [2.75, 3.05) is 31.7 Å². The van der Waals surface area contributed by atoms with Crippen LogP contribution in [-0.4, -0.2) is 46.7 Å². The number of methoxy groups -OCH3 is 1. The zero-order valence-corrected chi connectivity index (χ0v) is 15.3. The van der Waals surface area contributed by atoms with Gasteiger partial charge in [0.25, 0.3) is 0 Å². The molecular formula is C16H24N2O5S. The molecule has 1 heterocycles. The van der Waals surface area contributed by atoms with Gasteiger partial charge in [-0.05, 0) is 38.5 Å². The van der Waals surface area contributed by atoms with Gasteiger partial charge in [-0.3, -0.25) is 4.79 Å². The van der Waals surface area contributed by atoms with Crippen molar-refractivity contribution in [3.63, 3.8) is 0 Å². The fourth-order valence-corrected chi connectivity index (χ4v) is 3.64. The van der Waals surface area contributed by atoms with Crippen molar-refractivity contribution < 1.29 is 22.7 Å². The molecule has 134 valence electrons. The third-order valence-electron chi connectivity index (χ3n) is 3.65. The van der Waals surface area contributed by atoms with E-state index in [9.17, 15) is 13.2 Å². The van der Waals surface area contributed by atoms with E-state index in [0.29, 0.717) is 31.0 Å². The number of fused-ring (bicyclic) bond motifs is 1. The first-order valence-corrected chi connectivity index (χ1v) is 9.24. The van der Waals surface area contributed by atoms with Crippen LogP contribution < -0.4 is 14.4 Å². The van der Waals surface area contributed by atoms with Crippen LogP contribution in [0.4, 0.5) is 5.69 Å². The van der Waals surface area contributed by atoms with Crippen molar-refractivity contribution in [3.8, 4) is 5.75 Å². The molecule has 0 atom stereocenters. The molecule has 24 heavy (non-hydrogen) atoms. The molecule has 7 nitrogen and oxygen atoms in total. The molecule has 0 aliphatic carbocycles. The summed E-state index contributed by atoms with van der Waals surface area (Å²) in [6.45, 7) is 6.35. The summed E-state index contributed by atoms with van der Waals surface area (Å²) in [7, 11) is -2.09. The highest BCUT2D eigenvalue weighted by molar-refractivity contribution is 7.89. The van der Waals surface area contributed by atoms with Crippen LogP contribution in [0, 0.1) is 0 Å². The molecule has 0 radical (unpaired) electrons. The molecule has 1 amide bonds. The second-order valence-corrected chi connectivity index (χ2v) is 8.11. The lowest BCUT2D eigenvalue weighted by atomic mass is 10.1. The lowest BCUT2D eigenvalue weighted by molar-refractivity contribution is -0.117. The van der Waals surface area contributed by atoms with E-state index in [2.05, 4.69) is 4.72 Å². The van der Waals surface area contributed by atoms with E-state index in [1.165, 1.54) is 19.1 Å². The van der Waals surface area contributed by atoms with Crippen molar-refractivity contribution >= 4 is 21.6 Å². The Hall–Kier alpha value is -1.64. The summed E-state index contributed by atoms with van der Waals surface area (Å²) in [6, 6.07) is 4.55. The highest BCUT2D eigenvalue weighted by Gasteiger charge is 2.34. The van der Waals surface area contributed by atoms with Gasteiger partial charge in [-0.15, -0.1) is 0 Å². The fraction of sp³-hybridized carbons (Fsp3) is 0.562. The first-order chi connectivity index (χ1) is 11.2. The molecule has 1 aromatic carbocycles. The number of rotatable bonds is 6. The molecule has 1 aliphatic heterocycles. The monoisotopic (exact) mass is 356 g/mol. The first-order valence-electron chi connectivity index (χ1n) is 7.76. The van der Waals surface area contributed by atoms with Gasteiger partial charge in [0.15, 0.2) is 0 Å². The number of ether oxygens (including phenoxy) is 2. The Labute approximate surface area is 143 Å². The summed E-state index contributed by atoms with van der Waals surface area (Å²) in [6.07, 6.45) is 0.581. The molecular weight excluding hydrogens is 332 g/mol. The number of nitrogens with one attached hydrogen (secondary N) is 1. The summed E-state index contributed by atoms with van der Waals surface area (Å²) < 4.78 is 38.1. The highest BCUT2D eigenvalue weighted by atomic mass is 32.2. The van der Waals surface area contributed by atoms with Crippen LogP contribution in [-0.2, 0) is 19.6 Å². The highest BCUT2D eigenvalue weighted by Crippen LogP contribution is 2.38. The molecule has 1 aliphatic rings. The summed E-state index contributed by atoms with van der Waals surface area (Å²) in [5, 5.41) is 0. The number of hydrogen-bond donors (Lipinski definition) is 1. The van der Waals surface area contributed by atoms with Crippen LogP contribution in [0.1, 0.15) is 27.2 Å². The van der Waals surface area contributed by atoms with E-state index in [1.807, 2.05) is 13.8 Å². The largest absolute Gasteiger partial charge is 0.484 e. The second-order valence-electron chi connectivity index (χ2n) is 6.34. The van der Waals surface area contributed by atoms with Crippen molar-refractivity contribution in [1.29, 1.82) is 0 Å². The molecule has 1 aromatic rings. The zero-order valence-electron chi connectivity index (χ0n) is 14.5. The quantitative estimate of drug-likeness (QED) is 0.781. The summed E-state index contributed by atoms with van der Waals surface area (Å²) in [4.78, 5) is 13.6. The number of anilines is 1. The number of hydrogen-bond acceptors (Lipinski definition) is 5. The molecule has 0 saturated heterocycles. The van der Waals surface area contributed by atoms with Crippen LogP contribution >= 0.6 is 0 Å². The normalized spacial score (nSPS) is 16.4. The summed E-state index contributed by atoms with van der Waals surface area (Å²) in [5.41, 5.74) is -0.0566. The van der Waals surface area contributed by atoms with Gasteiger partial charge in [0.1, 0.15) is 11.4 Å². The molecule has 0 aromatic heterocycles. The molecule has 0 fully saturated rings. The van der Waals surface area contributed by atoms with Gasteiger partial charge in [0.05, 0.1) is 17.1 Å². The summed E-state index contributed by atoms with van der Waals surface area (Å²) in [5.74, 6) is 0.343. The van der Waals surface area contributed by atoms with E-state index >= 15 is 0 Å². The first kappa shape index (κ1) is 18.7. The number of nitrogens with zero attached hydrogens (tertiary/aromatic N) is 1. The number of amides is 1. The average molecular weight is 356 g/mol. The van der Waals surface area contributed by atoms with Crippen LogP contribution in [0.3, 0.4) is 0 Å². The molecule has 2 rings (SSSR count). The predicted octanol–water partition coefficient (Wildman–Crippen LogP) is 1.53. The maximum atomic E-state index is 12.4.